The minimum absolute atomic E-state index is 0.0443. The zero-order chi connectivity index (χ0) is 11.7. The van der Waals surface area contributed by atoms with Gasteiger partial charge in [-0.15, -0.1) is 0 Å². The molecule has 1 aliphatic rings. The van der Waals surface area contributed by atoms with Crippen LogP contribution in [0.15, 0.2) is 12.1 Å². The first-order valence-electron chi connectivity index (χ1n) is 5.27. The average molecular weight is 220 g/mol. The van der Waals surface area contributed by atoms with Crippen molar-refractivity contribution in [1.82, 2.24) is 10.3 Å². The van der Waals surface area contributed by atoms with Crippen molar-refractivity contribution in [2.75, 3.05) is 44.0 Å². The van der Waals surface area contributed by atoms with Gasteiger partial charge in [0.2, 0.25) is 0 Å². The fourth-order valence-corrected chi connectivity index (χ4v) is 1.69. The molecule has 0 spiro atoms. The van der Waals surface area contributed by atoms with Crippen LogP contribution in [0, 0.1) is 0 Å². The maximum absolute atomic E-state index is 11.7. The Labute approximate surface area is 95.1 Å². The number of fused-ring (bicyclic) bond motifs is 1. The van der Waals surface area contributed by atoms with Gasteiger partial charge in [0, 0.05) is 34.2 Å². The summed E-state index contributed by atoms with van der Waals surface area (Å²) in [6.07, 6.45) is 0. The number of anilines is 2. The van der Waals surface area contributed by atoms with Crippen molar-refractivity contribution < 1.29 is 4.79 Å². The summed E-state index contributed by atoms with van der Waals surface area (Å²) in [6.45, 7) is 1.44. The first kappa shape index (κ1) is 10.7. The summed E-state index contributed by atoms with van der Waals surface area (Å²) in [7, 11) is 5.82. The van der Waals surface area contributed by atoms with Gasteiger partial charge < -0.3 is 15.1 Å². The molecule has 1 aromatic heterocycles. The van der Waals surface area contributed by atoms with Gasteiger partial charge in [-0.1, -0.05) is 0 Å². The van der Waals surface area contributed by atoms with Crippen LogP contribution in [0.4, 0.5) is 11.6 Å². The molecule has 0 saturated heterocycles. The molecule has 0 fully saturated rings. The van der Waals surface area contributed by atoms with Crippen molar-refractivity contribution in [3.05, 3.63) is 17.7 Å². The molecule has 1 amide bonds. The van der Waals surface area contributed by atoms with Gasteiger partial charge in [-0.25, -0.2) is 4.98 Å². The van der Waals surface area contributed by atoms with Crippen LogP contribution in [0.5, 0.6) is 0 Å². The zero-order valence-corrected chi connectivity index (χ0v) is 9.82. The first-order valence-corrected chi connectivity index (χ1v) is 5.27. The molecule has 16 heavy (non-hydrogen) atoms. The Balaban J connectivity index is 2.50. The Morgan fingerprint density at radius 2 is 2.19 bits per heavy atom. The maximum atomic E-state index is 11.7. The van der Waals surface area contributed by atoms with Gasteiger partial charge >= 0.3 is 0 Å². The van der Waals surface area contributed by atoms with Crippen molar-refractivity contribution in [3.8, 4) is 0 Å². The number of rotatable bonds is 1. The van der Waals surface area contributed by atoms with Crippen LogP contribution in [0.2, 0.25) is 0 Å². The number of nitrogens with one attached hydrogen (secondary N) is 1. The second-order valence-corrected chi connectivity index (χ2v) is 4.11. The van der Waals surface area contributed by atoms with E-state index in [4.69, 9.17) is 0 Å². The van der Waals surface area contributed by atoms with E-state index in [1.54, 1.807) is 0 Å². The third kappa shape index (κ3) is 1.80. The van der Waals surface area contributed by atoms with Gasteiger partial charge in [0.1, 0.15) is 11.6 Å². The number of amides is 1. The van der Waals surface area contributed by atoms with Crippen LogP contribution in [-0.2, 0) is 0 Å². The number of aromatic nitrogens is 1. The quantitative estimate of drug-likeness (QED) is 0.741. The van der Waals surface area contributed by atoms with E-state index in [9.17, 15) is 4.79 Å². The first-order chi connectivity index (χ1) is 7.59. The predicted octanol–water partition coefficient (Wildman–Crippen LogP) is 0.327. The standard InChI is InChI=1S/C11H16N4O/c1-14(2)9-5-4-8-10(13-9)15(3)7-6-12-11(8)16/h4-5H,6-7H2,1-3H3,(H,12,16). The Kier molecular flexibility index (Phi) is 2.68. The van der Waals surface area contributed by atoms with E-state index in [2.05, 4.69) is 10.3 Å². The molecule has 0 bridgehead atoms. The van der Waals surface area contributed by atoms with Crippen molar-refractivity contribution in [1.29, 1.82) is 0 Å². The number of hydrogen-bond acceptors (Lipinski definition) is 4. The van der Waals surface area contributed by atoms with Crippen LogP contribution in [0.3, 0.4) is 0 Å². The third-order valence-corrected chi connectivity index (χ3v) is 2.66. The summed E-state index contributed by atoms with van der Waals surface area (Å²) in [5.74, 6) is 1.57. The van der Waals surface area contributed by atoms with Crippen LogP contribution in [-0.4, -0.2) is 45.1 Å². The largest absolute Gasteiger partial charge is 0.363 e. The smallest absolute Gasteiger partial charge is 0.255 e. The summed E-state index contributed by atoms with van der Waals surface area (Å²) in [5.41, 5.74) is 0.644. The number of nitrogens with zero attached hydrogens (tertiary/aromatic N) is 3. The van der Waals surface area contributed by atoms with Gasteiger partial charge in [-0.2, -0.15) is 0 Å². The topological polar surface area (TPSA) is 48.5 Å². The normalized spacial score (nSPS) is 15.2. The van der Waals surface area contributed by atoms with E-state index in [0.29, 0.717) is 12.1 Å². The Morgan fingerprint density at radius 1 is 1.44 bits per heavy atom. The van der Waals surface area contributed by atoms with Gasteiger partial charge in [0.15, 0.2) is 0 Å². The Morgan fingerprint density at radius 3 is 2.88 bits per heavy atom. The summed E-state index contributed by atoms with van der Waals surface area (Å²) in [5, 5.41) is 2.85. The van der Waals surface area contributed by atoms with E-state index in [-0.39, 0.29) is 5.91 Å². The minimum atomic E-state index is -0.0443. The number of carbonyl (C=O) groups excluding carboxylic acids is 1. The molecule has 1 N–H and O–H groups in total. The highest BCUT2D eigenvalue weighted by Gasteiger charge is 2.20. The highest BCUT2D eigenvalue weighted by atomic mass is 16.1. The van der Waals surface area contributed by atoms with Gasteiger partial charge in [0.05, 0.1) is 5.56 Å². The fraction of sp³-hybridized carbons (Fsp3) is 0.455. The van der Waals surface area contributed by atoms with E-state index in [0.717, 1.165) is 18.2 Å². The molecule has 0 radical (unpaired) electrons. The molecule has 0 aliphatic carbocycles. The molecule has 0 unspecified atom stereocenters. The third-order valence-electron chi connectivity index (χ3n) is 2.66. The van der Waals surface area contributed by atoms with E-state index < -0.39 is 0 Å². The second-order valence-electron chi connectivity index (χ2n) is 4.11. The number of carbonyl (C=O) groups is 1. The molecule has 0 aromatic carbocycles. The lowest BCUT2D eigenvalue weighted by Gasteiger charge is -2.19. The molecule has 86 valence electrons. The van der Waals surface area contributed by atoms with Gasteiger partial charge in [-0.3, -0.25) is 4.79 Å². The maximum Gasteiger partial charge on any atom is 0.255 e. The zero-order valence-electron chi connectivity index (χ0n) is 9.82. The van der Waals surface area contributed by atoms with E-state index >= 15 is 0 Å². The van der Waals surface area contributed by atoms with Gasteiger partial charge in [0.25, 0.3) is 5.91 Å². The van der Waals surface area contributed by atoms with E-state index in [1.165, 1.54) is 0 Å². The molecule has 1 aliphatic heterocycles. The van der Waals surface area contributed by atoms with Crippen LogP contribution >= 0.6 is 0 Å². The lowest BCUT2D eigenvalue weighted by molar-refractivity contribution is 0.0958. The molecule has 2 heterocycles. The van der Waals surface area contributed by atoms with Crippen LogP contribution < -0.4 is 15.1 Å². The summed E-state index contributed by atoms with van der Waals surface area (Å²) in [4.78, 5) is 20.2. The molecule has 1 aromatic rings. The SMILES string of the molecule is CN(C)c1ccc2c(n1)N(C)CCNC2=O. The molecule has 0 atom stereocenters. The highest BCUT2D eigenvalue weighted by Crippen LogP contribution is 2.22. The monoisotopic (exact) mass is 220 g/mol. The Hall–Kier alpha value is -1.78. The van der Waals surface area contributed by atoms with Crippen LogP contribution in [0.1, 0.15) is 10.4 Å². The number of likely N-dealkylation sites (N-methyl/N-ethyl adjacent to an activating group) is 1. The minimum Gasteiger partial charge on any atom is -0.363 e. The summed E-state index contributed by atoms with van der Waals surface area (Å²) in [6, 6.07) is 3.69. The summed E-state index contributed by atoms with van der Waals surface area (Å²) >= 11 is 0. The van der Waals surface area contributed by atoms with Crippen molar-refractivity contribution >= 4 is 17.5 Å². The molecule has 5 heteroatoms. The van der Waals surface area contributed by atoms with E-state index in [1.807, 2.05) is 43.1 Å². The van der Waals surface area contributed by atoms with Crippen LogP contribution in [0.25, 0.3) is 0 Å². The molecular weight excluding hydrogens is 204 g/mol. The lowest BCUT2D eigenvalue weighted by Crippen LogP contribution is -2.27. The van der Waals surface area contributed by atoms with Crippen molar-refractivity contribution in [3.63, 3.8) is 0 Å². The predicted molar refractivity (Wildman–Crippen MR) is 64.2 cm³/mol. The molecule has 0 saturated carbocycles. The van der Waals surface area contributed by atoms with Gasteiger partial charge in [-0.05, 0) is 12.1 Å². The average Bonchev–Trinajstić information content (AvgIpc) is 2.40. The highest BCUT2D eigenvalue weighted by molar-refractivity contribution is 5.99. The lowest BCUT2D eigenvalue weighted by atomic mass is 10.2. The summed E-state index contributed by atoms with van der Waals surface area (Å²) < 4.78 is 0. The number of hydrogen-bond donors (Lipinski definition) is 1. The van der Waals surface area contributed by atoms with Crippen molar-refractivity contribution in [2.45, 2.75) is 0 Å². The molecular formula is C11H16N4O. The molecule has 5 nitrogen and oxygen atoms in total. The number of pyridine rings is 1. The fourth-order valence-electron chi connectivity index (χ4n) is 1.69. The second kappa shape index (κ2) is 4.00. The Bertz CT molecular complexity index is 416. The van der Waals surface area contributed by atoms with Crippen molar-refractivity contribution in [2.24, 2.45) is 0 Å². The molecule has 2 rings (SSSR count).